The zero-order valence-corrected chi connectivity index (χ0v) is 11.3. The fourth-order valence-corrected chi connectivity index (χ4v) is 2.66. The normalized spacial score (nSPS) is 24.5. The third kappa shape index (κ3) is 2.69. The highest BCUT2D eigenvalue weighted by molar-refractivity contribution is 5.24. The minimum absolute atomic E-state index is 0.448. The quantitative estimate of drug-likeness (QED) is 0.866. The van der Waals surface area contributed by atoms with Crippen LogP contribution in [0.1, 0.15) is 36.2 Å². The van der Waals surface area contributed by atoms with Crippen LogP contribution in [0.3, 0.4) is 0 Å². The van der Waals surface area contributed by atoms with Crippen molar-refractivity contribution in [2.75, 3.05) is 7.11 Å². The first kappa shape index (κ1) is 12.6. The van der Waals surface area contributed by atoms with E-state index in [0.717, 1.165) is 18.7 Å². The first-order valence-corrected chi connectivity index (χ1v) is 6.37. The van der Waals surface area contributed by atoms with E-state index in [0.29, 0.717) is 12.1 Å². The molecule has 0 bridgehead atoms. The van der Waals surface area contributed by atoms with Crippen molar-refractivity contribution in [3.8, 4) is 0 Å². The van der Waals surface area contributed by atoms with Crippen LogP contribution in [0.2, 0.25) is 0 Å². The number of nitrogens with zero attached hydrogens (tertiary/aromatic N) is 2. The molecule has 2 rings (SSSR count). The average Bonchev–Trinajstić information content (AvgIpc) is 2.84. The second-order valence-corrected chi connectivity index (χ2v) is 5.02. The lowest BCUT2D eigenvalue weighted by Gasteiger charge is -2.13. The second-order valence-electron chi connectivity index (χ2n) is 5.02. The van der Waals surface area contributed by atoms with Gasteiger partial charge in [-0.05, 0) is 33.1 Å². The monoisotopic (exact) mass is 237 g/mol. The number of methoxy groups -OCH3 is 1. The molecule has 96 valence electrons. The van der Waals surface area contributed by atoms with Crippen LogP contribution >= 0.6 is 0 Å². The van der Waals surface area contributed by atoms with Gasteiger partial charge < -0.3 is 10.1 Å². The highest BCUT2D eigenvalue weighted by Gasteiger charge is 2.24. The molecule has 4 nitrogen and oxygen atoms in total. The second kappa shape index (κ2) is 5.19. The van der Waals surface area contributed by atoms with E-state index in [-0.39, 0.29) is 0 Å². The summed E-state index contributed by atoms with van der Waals surface area (Å²) in [6.07, 6.45) is 3.98. The Labute approximate surface area is 103 Å². The van der Waals surface area contributed by atoms with Gasteiger partial charge in [0.1, 0.15) is 0 Å². The third-order valence-electron chi connectivity index (χ3n) is 3.94. The summed E-state index contributed by atoms with van der Waals surface area (Å²) in [6.45, 7) is 5.13. The van der Waals surface area contributed by atoms with Crippen molar-refractivity contribution in [1.29, 1.82) is 0 Å². The number of hydrogen-bond donors (Lipinski definition) is 1. The summed E-state index contributed by atoms with van der Waals surface area (Å²) in [5.41, 5.74) is 3.74. The van der Waals surface area contributed by atoms with Crippen LogP contribution in [0, 0.1) is 13.8 Å². The van der Waals surface area contributed by atoms with Gasteiger partial charge in [0.15, 0.2) is 0 Å². The van der Waals surface area contributed by atoms with Gasteiger partial charge in [0.25, 0.3) is 0 Å². The van der Waals surface area contributed by atoms with E-state index in [2.05, 4.69) is 24.3 Å². The van der Waals surface area contributed by atoms with Crippen LogP contribution in [0.25, 0.3) is 0 Å². The van der Waals surface area contributed by atoms with E-state index >= 15 is 0 Å². The van der Waals surface area contributed by atoms with Gasteiger partial charge in [-0.1, -0.05) is 0 Å². The van der Waals surface area contributed by atoms with Crippen LogP contribution in [-0.4, -0.2) is 29.0 Å². The summed E-state index contributed by atoms with van der Waals surface area (Å²) in [5, 5.41) is 8.06. The smallest absolute Gasteiger partial charge is 0.0641 e. The van der Waals surface area contributed by atoms with Crippen molar-refractivity contribution in [2.24, 2.45) is 7.05 Å². The molecule has 1 aliphatic rings. The van der Waals surface area contributed by atoms with Crippen molar-refractivity contribution in [3.63, 3.8) is 0 Å². The van der Waals surface area contributed by atoms with Crippen molar-refractivity contribution < 1.29 is 4.74 Å². The van der Waals surface area contributed by atoms with Gasteiger partial charge in [-0.3, -0.25) is 4.68 Å². The van der Waals surface area contributed by atoms with Crippen molar-refractivity contribution in [1.82, 2.24) is 15.1 Å². The van der Waals surface area contributed by atoms with Gasteiger partial charge in [0, 0.05) is 38.0 Å². The average molecular weight is 237 g/mol. The summed E-state index contributed by atoms with van der Waals surface area (Å²) >= 11 is 0. The lowest BCUT2D eigenvalue weighted by molar-refractivity contribution is 0.107. The molecule has 1 saturated carbocycles. The SMILES string of the molecule is COC1CCC(NCc2c(C)nn(C)c2C)C1. The number of hydrogen-bond acceptors (Lipinski definition) is 3. The van der Waals surface area contributed by atoms with Crippen molar-refractivity contribution in [2.45, 2.75) is 51.8 Å². The molecule has 0 amide bonds. The Morgan fingerprint density at radius 2 is 2.18 bits per heavy atom. The van der Waals surface area contributed by atoms with E-state index in [4.69, 9.17) is 4.74 Å². The van der Waals surface area contributed by atoms with Gasteiger partial charge in [-0.15, -0.1) is 0 Å². The first-order valence-electron chi connectivity index (χ1n) is 6.37. The zero-order chi connectivity index (χ0) is 12.4. The minimum atomic E-state index is 0.448. The molecule has 4 heteroatoms. The molecule has 0 aromatic carbocycles. The largest absolute Gasteiger partial charge is 0.381 e. The van der Waals surface area contributed by atoms with Crippen LogP contribution in [-0.2, 0) is 18.3 Å². The van der Waals surface area contributed by atoms with E-state index < -0.39 is 0 Å². The van der Waals surface area contributed by atoms with Gasteiger partial charge in [-0.25, -0.2) is 0 Å². The molecule has 2 unspecified atom stereocenters. The highest BCUT2D eigenvalue weighted by Crippen LogP contribution is 2.22. The fourth-order valence-electron chi connectivity index (χ4n) is 2.66. The maximum Gasteiger partial charge on any atom is 0.0641 e. The van der Waals surface area contributed by atoms with E-state index in [1.807, 2.05) is 18.8 Å². The van der Waals surface area contributed by atoms with Crippen LogP contribution in [0.4, 0.5) is 0 Å². The molecule has 2 atom stereocenters. The zero-order valence-electron chi connectivity index (χ0n) is 11.3. The fraction of sp³-hybridized carbons (Fsp3) is 0.769. The molecule has 1 fully saturated rings. The van der Waals surface area contributed by atoms with E-state index in [1.165, 1.54) is 24.1 Å². The summed E-state index contributed by atoms with van der Waals surface area (Å²) in [7, 11) is 3.81. The third-order valence-corrected chi connectivity index (χ3v) is 3.94. The van der Waals surface area contributed by atoms with Gasteiger partial charge >= 0.3 is 0 Å². The Morgan fingerprint density at radius 3 is 2.71 bits per heavy atom. The molecule has 1 aliphatic carbocycles. The Kier molecular flexibility index (Phi) is 3.84. The summed E-state index contributed by atoms with van der Waals surface area (Å²) in [4.78, 5) is 0. The van der Waals surface area contributed by atoms with Gasteiger partial charge in [0.2, 0.25) is 0 Å². The van der Waals surface area contributed by atoms with E-state index in [1.54, 1.807) is 0 Å². The molecule has 0 radical (unpaired) electrons. The van der Waals surface area contributed by atoms with Crippen LogP contribution < -0.4 is 5.32 Å². The summed E-state index contributed by atoms with van der Waals surface area (Å²) in [5.74, 6) is 0. The van der Waals surface area contributed by atoms with Crippen molar-refractivity contribution >= 4 is 0 Å². The summed E-state index contributed by atoms with van der Waals surface area (Å²) in [6, 6.07) is 0.596. The van der Waals surface area contributed by atoms with Gasteiger partial charge in [0.05, 0.1) is 11.8 Å². The number of ether oxygens (including phenoxy) is 1. The molecule has 1 N–H and O–H groups in total. The number of aryl methyl sites for hydroxylation is 2. The topological polar surface area (TPSA) is 39.1 Å². The predicted molar refractivity (Wildman–Crippen MR) is 68.0 cm³/mol. The molecule has 1 aromatic rings. The Balaban J connectivity index is 1.90. The molecule has 0 spiro atoms. The molecular formula is C13H23N3O. The highest BCUT2D eigenvalue weighted by atomic mass is 16.5. The predicted octanol–water partition coefficient (Wildman–Crippen LogP) is 1.69. The standard InChI is InChI=1S/C13H23N3O/c1-9-13(10(2)16(3)15-9)8-14-11-5-6-12(7-11)17-4/h11-12,14H,5-8H2,1-4H3. The van der Waals surface area contributed by atoms with Gasteiger partial charge in [-0.2, -0.15) is 5.10 Å². The molecule has 0 saturated heterocycles. The van der Waals surface area contributed by atoms with Crippen LogP contribution in [0.15, 0.2) is 0 Å². The molecule has 17 heavy (non-hydrogen) atoms. The Hall–Kier alpha value is -0.870. The van der Waals surface area contributed by atoms with Crippen molar-refractivity contribution in [3.05, 3.63) is 17.0 Å². The first-order chi connectivity index (χ1) is 8.11. The maximum atomic E-state index is 5.39. The molecule has 0 aliphatic heterocycles. The molecule has 1 heterocycles. The molecular weight excluding hydrogens is 214 g/mol. The number of nitrogens with one attached hydrogen (secondary N) is 1. The minimum Gasteiger partial charge on any atom is -0.381 e. The maximum absolute atomic E-state index is 5.39. The number of aromatic nitrogens is 2. The van der Waals surface area contributed by atoms with E-state index in [9.17, 15) is 0 Å². The van der Waals surface area contributed by atoms with Crippen LogP contribution in [0.5, 0.6) is 0 Å². The molecule has 1 aromatic heterocycles. The lowest BCUT2D eigenvalue weighted by Crippen LogP contribution is -2.27. The summed E-state index contributed by atoms with van der Waals surface area (Å²) < 4.78 is 7.35. The number of rotatable bonds is 4. The Morgan fingerprint density at radius 1 is 1.41 bits per heavy atom. The lowest BCUT2D eigenvalue weighted by atomic mass is 10.1. The Bertz CT molecular complexity index is 386.